The SMILES string of the molecule is CCc1sc(C(=O)Nc2nc(C)c(SCC(N)=O)s2)cc1C. The van der Waals surface area contributed by atoms with Crippen LogP contribution in [-0.2, 0) is 11.2 Å². The van der Waals surface area contributed by atoms with Crippen LogP contribution in [0.3, 0.4) is 0 Å². The molecule has 0 unspecified atom stereocenters. The van der Waals surface area contributed by atoms with Crippen LogP contribution < -0.4 is 11.1 Å². The standard InChI is InChI=1S/C14H17N3O2S3/c1-4-9-7(2)5-10(21-9)12(19)17-14-16-8(3)13(22-14)20-6-11(15)18/h5H,4,6H2,1-3H3,(H2,15,18)(H,16,17,19). The maximum absolute atomic E-state index is 12.3. The fourth-order valence-electron chi connectivity index (χ4n) is 1.85. The van der Waals surface area contributed by atoms with Crippen molar-refractivity contribution in [1.82, 2.24) is 4.98 Å². The van der Waals surface area contributed by atoms with Gasteiger partial charge in [-0.15, -0.1) is 23.1 Å². The van der Waals surface area contributed by atoms with Gasteiger partial charge in [0.15, 0.2) is 5.13 Å². The number of thiazole rings is 1. The topological polar surface area (TPSA) is 85.1 Å². The molecule has 0 bridgehead atoms. The van der Waals surface area contributed by atoms with E-state index in [2.05, 4.69) is 17.2 Å². The number of hydrogen-bond acceptors (Lipinski definition) is 6. The molecule has 2 rings (SSSR count). The van der Waals surface area contributed by atoms with E-state index in [0.717, 1.165) is 21.9 Å². The molecule has 118 valence electrons. The zero-order chi connectivity index (χ0) is 16.3. The fourth-order valence-corrected chi connectivity index (χ4v) is 4.73. The summed E-state index contributed by atoms with van der Waals surface area (Å²) >= 11 is 4.21. The summed E-state index contributed by atoms with van der Waals surface area (Å²) in [5.74, 6) is -0.307. The largest absolute Gasteiger partial charge is 0.369 e. The van der Waals surface area contributed by atoms with E-state index < -0.39 is 0 Å². The van der Waals surface area contributed by atoms with Crippen molar-refractivity contribution < 1.29 is 9.59 Å². The lowest BCUT2D eigenvalue weighted by Gasteiger charge is -1.97. The van der Waals surface area contributed by atoms with Crippen LogP contribution in [0, 0.1) is 13.8 Å². The Hall–Kier alpha value is -1.38. The highest BCUT2D eigenvalue weighted by molar-refractivity contribution is 8.01. The van der Waals surface area contributed by atoms with Gasteiger partial charge >= 0.3 is 0 Å². The highest BCUT2D eigenvalue weighted by Crippen LogP contribution is 2.32. The Kier molecular flexibility index (Phi) is 5.60. The molecule has 0 saturated heterocycles. The van der Waals surface area contributed by atoms with Crippen molar-refractivity contribution in [3.8, 4) is 0 Å². The second-order valence-corrected chi connectivity index (χ2v) is 8.05. The van der Waals surface area contributed by atoms with Crippen LogP contribution in [0.15, 0.2) is 10.3 Å². The Labute approximate surface area is 141 Å². The zero-order valence-corrected chi connectivity index (χ0v) is 15.0. The van der Waals surface area contributed by atoms with Gasteiger partial charge in [-0.2, -0.15) is 0 Å². The van der Waals surface area contributed by atoms with Gasteiger partial charge in [0.25, 0.3) is 5.91 Å². The molecule has 0 saturated carbocycles. The molecule has 8 heteroatoms. The summed E-state index contributed by atoms with van der Waals surface area (Å²) in [5.41, 5.74) is 7.08. The van der Waals surface area contributed by atoms with Gasteiger partial charge in [0.05, 0.1) is 20.5 Å². The molecule has 22 heavy (non-hydrogen) atoms. The normalized spacial score (nSPS) is 10.7. The van der Waals surface area contributed by atoms with Crippen molar-refractivity contribution in [1.29, 1.82) is 0 Å². The second kappa shape index (κ2) is 7.26. The molecule has 2 amide bonds. The van der Waals surface area contributed by atoms with Crippen molar-refractivity contribution in [2.75, 3.05) is 11.1 Å². The van der Waals surface area contributed by atoms with Gasteiger partial charge in [0.1, 0.15) is 0 Å². The second-order valence-electron chi connectivity index (χ2n) is 4.67. The van der Waals surface area contributed by atoms with Gasteiger partial charge < -0.3 is 5.73 Å². The Balaban J connectivity index is 2.08. The fraction of sp³-hybridized carbons (Fsp3) is 0.357. The molecule has 0 spiro atoms. The highest BCUT2D eigenvalue weighted by Gasteiger charge is 2.15. The summed E-state index contributed by atoms with van der Waals surface area (Å²) < 4.78 is 0.894. The number of aryl methyl sites for hydroxylation is 3. The van der Waals surface area contributed by atoms with Crippen LogP contribution in [0.25, 0.3) is 0 Å². The van der Waals surface area contributed by atoms with E-state index in [0.29, 0.717) is 10.0 Å². The van der Waals surface area contributed by atoms with Crippen LogP contribution in [0.1, 0.15) is 32.7 Å². The number of anilines is 1. The number of hydrogen-bond donors (Lipinski definition) is 2. The molecule has 0 aliphatic carbocycles. The first-order valence-corrected chi connectivity index (χ1v) is 9.31. The zero-order valence-electron chi connectivity index (χ0n) is 12.6. The lowest BCUT2D eigenvalue weighted by atomic mass is 10.2. The molecule has 0 aliphatic rings. The lowest BCUT2D eigenvalue weighted by Crippen LogP contribution is -2.12. The Bertz CT molecular complexity index is 706. The lowest BCUT2D eigenvalue weighted by molar-refractivity contribution is -0.115. The third-order valence-corrected chi connectivity index (χ3v) is 6.72. The summed E-state index contributed by atoms with van der Waals surface area (Å²) in [5, 5.41) is 3.36. The van der Waals surface area contributed by atoms with Crippen LogP contribution in [0.2, 0.25) is 0 Å². The highest BCUT2D eigenvalue weighted by atomic mass is 32.2. The van der Waals surface area contributed by atoms with Gasteiger partial charge in [-0.25, -0.2) is 4.98 Å². The van der Waals surface area contributed by atoms with E-state index in [1.165, 1.54) is 39.3 Å². The molecular weight excluding hydrogens is 338 g/mol. The molecule has 0 fully saturated rings. The van der Waals surface area contributed by atoms with Crippen LogP contribution >= 0.6 is 34.4 Å². The molecule has 0 aliphatic heterocycles. The van der Waals surface area contributed by atoms with E-state index in [-0.39, 0.29) is 17.6 Å². The third-order valence-electron chi connectivity index (χ3n) is 2.89. The quantitative estimate of drug-likeness (QED) is 0.779. The van der Waals surface area contributed by atoms with E-state index in [1.807, 2.05) is 19.9 Å². The molecule has 0 aromatic carbocycles. The summed E-state index contributed by atoms with van der Waals surface area (Å²) in [6.07, 6.45) is 0.925. The summed E-state index contributed by atoms with van der Waals surface area (Å²) in [7, 11) is 0. The van der Waals surface area contributed by atoms with Crippen molar-refractivity contribution in [3.63, 3.8) is 0 Å². The summed E-state index contributed by atoms with van der Waals surface area (Å²) in [6.45, 7) is 5.94. The number of aromatic nitrogens is 1. The first-order chi connectivity index (χ1) is 10.4. The predicted molar refractivity (Wildman–Crippen MR) is 93.2 cm³/mol. The molecule has 2 aromatic heterocycles. The number of carbonyl (C=O) groups excluding carboxylic acids is 2. The number of rotatable bonds is 6. The molecule has 3 N–H and O–H groups in total. The molecular formula is C14H17N3O2S3. The minimum absolute atomic E-state index is 0.145. The van der Waals surface area contributed by atoms with Crippen LogP contribution in [-0.4, -0.2) is 22.6 Å². The average molecular weight is 356 g/mol. The van der Waals surface area contributed by atoms with Gasteiger partial charge in [0, 0.05) is 4.88 Å². The van der Waals surface area contributed by atoms with Crippen LogP contribution in [0.4, 0.5) is 5.13 Å². The summed E-state index contributed by atoms with van der Waals surface area (Å²) in [4.78, 5) is 29.3. The Morgan fingerprint density at radius 3 is 2.68 bits per heavy atom. The van der Waals surface area contributed by atoms with E-state index in [9.17, 15) is 9.59 Å². The molecule has 0 atom stereocenters. The van der Waals surface area contributed by atoms with Gasteiger partial charge in [0.2, 0.25) is 5.91 Å². The monoisotopic (exact) mass is 355 g/mol. The Morgan fingerprint density at radius 1 is 1.36 bits per heavy atom. The predicted octanol–water partition coefficient (Wildman–Crippen LogP) is 3.21. The first-order valence-electron chi connectivity index (χ1n) is 6.69. The smallest absolute Gasteiger partial charge is 0.267 e. The van der Waals surface area contributed by atoms with E-state index in [1.54, 1.807) is 0 Å². The van der Waals surface area contributed by atoms with Gasteiger partial charge in [-0.3, -0.25) is 14.9 Å². The van der Waals surface area contributed by atoms with Crippen molar-refractivity contribution in [3.05, 3.63) is 27.1 Å². The van der Waals surface area contributed by atoms with Crippen molar-refractivity contribution in [2.24, 2.45) is 5.73 Å². The maximum Gasteiger partial charge on any atom is 0.267 e. The van der Waals surface area contributed by atoms with Crippen molar-refractivity contribution in [2.45, 2.75) is 31.4 Å². The third kappa shape index (κ3) is 4.08. The number of nitrogens with zero attached hydrogens (tertiary/aromatic N) is 1. The average Bonchev–Trinajstić information content (AvgIpc) is 2.99. The number of thioether (sulfide) groups is 1. The van der Waals surface area contributed by atoms with Gasteiger partial charge in [-0.05, 0) is 31.9 Å². The summed E-state index contributed by atoms with van der Waals surface area (Å²) in [6, 6.07) is 1.90. The first kappa shape index (κ1) is 17.0. The number of nitrogens with one attached hydrogen (secondary N) is 1. The molecule has 5 nitrogen and oxygen atoms in total. The molecule has 2 aromatic rings. The number of amides is 2. The minimum Gasteiger partial charge on any atom is -0.369 e. The van der Waals surface area contributed by atoms with Crippen LogP contribution in [0.5, 0.6) is 0 Å². The number of nitrogens with two attached hydrogens (primary N) is 1. The Morgan fingerprint density at radius 2 is 2.09 bits per heavy atom. The van der Waals surface area contributed by atoms with Gasteiger partial charge in [-0.1, -0.05) is 18.3 Å². The number of thiophene rings is 1. The maximum atomic E-state index is 12.3. The number of carbonyl (C=O) groups is 2. The van der Waals surface area contributed by atoms with Crippen molar-refractivity contribution >= 4 is 51.4 Å². The molecule has 0 radical (unpaired) electrons. The van der Waals surface area contributed by atoms with E-state index >= 15 is 0 Å². The minimum atomic E-state index is -0.371. The van der Waals surface area contributed by atoms with E-state index in [4.69, 9.17) is 5.73 Å². The number of primary amides is 1. The molecule has 2 heterocycles.